The van der Waals surface area contributed by atoms with Gasteiger partial charge in [0.05, 0.1) is 5.75 Å². The first-order chi connectivity index (χ1) is 8.45. The molecule has 0 fully saturated rings. The van der Waals surface area contributed by atoms with Gasteiger partial charge in [-0.3, -0.25) is 4.79 Å². The van der Waals surface area contributed by atoms with Crippen LogP contribution in [-0.4, -0.2) is 36.2 Å². The largest absolute Gasteiger partial charge is 0.341 e. The van der Waals surface area contributed by atoms with E-state index in [1.54, 1.807) is 16.7 Å². The number of hydrogen-bond acceptors (Lipinski definition) is 3. The molecule has 5 heteroatoms. The summed E-state index contributed by atoms with van der Waals surface area (Å²) in [5, 5.41) is 0. The van der Waals surface area contributed by atoms with Gasteiger partial charge in [0.25, 0.3) is 0 Å². The second-order valence-corrected chi connectivity index (χ2v) is 5.66. The molecule has 0 aliphatic rings. The fourth-order valence-electron chi connectivity index (χ4n) is 1.51. The molecule has 108 valence electrons. The first-order valence-electron chi connectivity index (χ1n) is 6.11. The maximum atomic E-state index is 12.0. The summed E-state index contributed by atoms with van der Waals surface area (Å²) < 4.78 is 0. The maximum absolute atomic E-state index is 12.0. The van der Waals surface area contributed by atoms with Crippen LogP contribution in [0.25, 0.3) is 0 Å². The summed E-state index contributed by atoms with van der Waals surface area (Å²) >= 11 is 1.59. The van der Waals surface area contributed by atoms with Crippen LogP contribution < -0.4 is 5.73 Å². The first kappa shape index (κ1) is 18.3. The minimum absolute atomic E-state index is 0. The molecule has 0 aromatic heterocycles. The van der Waals surface area contributed by atoms with Crippen molar-refractivity contribution in [2.75, 3.05) is 19.3 Å². The lowest BCUT2D eigenvalue weighted by Crippen LogP contribution is -2.40. The number of halogens is 1. The monoisotopic (exact) mass is 302 g/mol. The Morgan fingerprint density at radius 1 is 1.42 bits per heavy atom. The predicted molar refractivity (Wildman–Crippen MR) is 85.2 cm³/mol. The molecule has 3 nitrogen and oxygen atoms in total. The maximum Gasteiger partial charge on any atom is 0.232 e. The molecule has 19 heavy (non-hydrogen) atoms. The van der Waals surface area contributed by atoms with Crippen molar-refractivity contribution < 1.29 is 4.79 Å². The fraction of sp³-hybridized carbons (Fsp3) is 0.500. The Kier molecular flexibility index (Phi) is 8.14. The van der Waals surface area contributed by atoms with Crippen molar-refractivity contribution in [1.29, 1.82) is 0 Å². The minimum Gasteiger partial charge on any atom is -0.341 e. The lowest BCUT2D eigenvalue weighted by Gasteiger charge is -2.23. The Morgan fingerprint density at radius 2 is 2.05 bits per heavy atom. The SMILES string of the molecule is Cc1ccc(C)c(SCC(=O)N(C)C(C)CN)c1.Cl. The highest BCUT2D eigenvalue weighted by atomic mass is 35.5. The summed E-state index contributed by atoms with van der Waals surface area (Å²) in [6.45, 7) is 6.59. The van der Waals surface area contributed by atoms with Crippen LogP contribution in [0.2, 0.25) is 0 Å². The van der Waals surface area contributed by atoms with Gasteiger partial charge in [-0.25, -0.2) is 0 Å². The Morgan fingerprint density at radius 3 is 2.63 bits per heavy atom. The van der Waals surface area contributed by atoms with Gasteiger partial charge in [0, 0.05) is 24.5 Å². The predicted octanol–water partition coefficient (Wildman–Crippen LogP) is 2.62. The van der Waals surface area contributed by atoms with Crippen molar-refractivity contribution in [3.63, 3.8) is 0 Å². The van der Waals surface area contributed by atoms with Gasteiger partial charge < -0.3 is 10.6 Å². The summed E-state index contributed by atoms with van der Waals surface area (Å²) in [6.07, 6.45) is 0. The molecular weight excluding hydrogens is 280 g/mol. The van der Waals surface area contributed by atoms with Crippen molar-refractivity contribution >= 4 is 30.1 Å². The van der Waals surface area contributed by atoms with Crippen LogP contribution in [0.1, 0.15) is 18.1 Å². The van der Waals surface area contributed by atoms with E-state index in [1.165, 1.54) is 16.0 Å². The number of aryl methyl sites for hydroxylation is 2. The third-order valence-corrected chi connectivity index (χ3v) is 4.23. The van der Waals surface area contributed by atoms with Crippen LogP contribution in [0.5, 0.6) is 0 Å². The van der Waals surface area contributed by atoms with E-state index in [9.17, 15) is 4.79 Å². The number of benzene rings is 1. The second-order valence-electron chi connectivity index (χ2n) is 4.65. The smallest absolute Gasteiger partial charge is 0.232 e. The number of amides is 1. The highest BCUT2D eigenvalue weighted by molar-refractivity contribution is 8.00. The van der Waals surface area contributed by atoms with E-state index in [0.29, 0.717) is 12.3 Å². The topological polar surface area (TPSA) is 46.3 Å². The van der Waals surface area contributed by atoms with E-state index in [2.05, 4.69) is 32.0 Å². The van der Waals surface area contributed by atoms with Gasteiger partial charge in [-0.1, -0.05) is 17.7 Å². The lowest BCUT2D eigenvalue weighted by atomic mass is 10.2. The van der Waals surface area contributed by atoms with Gasteiger partial charge in [0.2, 0.25) is 5.91 Å². The molecule has 1 amide bonds. The molecule has 0 aliphatic heterocycles. The molecule has 0 saturated heterocycles. The van der Waals surface area contributed by atoms with E-state index < -0.39 is 0 Å². The van der Waals surface area contributed by atoms with E-state index in [1.807, 2.05) is 14.0 Å². The number of carbonyl (C=O) groups is 1. The number of hydrogen-bond donors (Lipinski definition) is 1. The Hall–Kier alpha value is -0.710. The summed E-state index contributed by atoms with van der Waals surface area (Å²) in [6, 6.07) is 6.40. The molecule has 0 radical (unpaired) electrons. The lowest BCUT2D eigenvalue weighted by molar-refractivity contribution is -0.128. The van der Waals surface area contributed by atoms with Gasteiger partial charge in [-0.05, 0) is 32.4 Å². The highest BCUT2D eigenvalue weighted by Crippen LogP contribution is 2.23. The molecule has 2 N–H and O–H groups in total. The third-order valence-electron chi connectivity index (χ3n) is 3.09. The molecule has 1 atom stereocenters. The summed E-state index contributed by atoms with van der Waals surface area (Å²) in [7, 11) is 1.81. The quantitative estimate of drug-likeness (QED) is 0.851. The average molecular weight is 303 g/mol. The van der Waals surface area contributed by atoms with Crippen LogP contribution in [0.3, 0.4) is 0 Å². The van der Waals surface area contributed by atoms with Crippen LogP contribution in [0.15, 0.2) is 23.1 Å². The molecule has 0 saturated carbocycles. The third kappa shape index (κ3) is 5.43. The molecule has 1 unspecified atom stereocenters. The average Bonchev–Trinajstić information content (AvgIpc) is 2.37. The van der Waals surface area contributed by atoms with Crippen molar-refractivity contribution in [2.45, 2.75) is 31.7 Å². The number of carbonyl (C=O) groups excluding carboxylic acids is 1. The zero-order valence-corrected chi connectivity index (χ0v) is 13.6. The van der Waals surface area contributed by atoms with Gasteiger partial charge in [0.15, 0.2) is 0 Å². The molecule has 1 aromatic carbocycles. The Balaban J connectivity index is 0.00000324. The standard InChI is InChI=1S/C14H22N2OS.ClH/c1-10-5-6-11(2)13(7-10)18-9-14(17)16(4)12(3)8-15;/h5-7,12H,8-9,15H2,1-4H3;1H. The van der Waals surface area contributed by atoms with Gasteiger partial charge in [-0.2, -0.15) is 0 Å². The minimum atomic E-state index is 0. The van der Waals surface area contributed by atoms with Crippen molar-refractivity contribution in [2.24, 2.45) is 5.73 Å². The zero-order valence-electron chi connectivity index (χ0n) is 12.0. The van der Waals surface area contributed by atoms with E-state index >= 15 is 0 Å². The van der Waals surface area contributed by atoms with Crippen LogP contribution >= 0.6 is 24.2 Å². The molecule has 1 aromatic rings. The first-order valence-corrected chi connectivity index (χ1v) is 7.10. The normalized spacial score (nSPS) is 11.6. The molecular formula is C14H23ClN2OS. The molecule has 0 spiro atoms. The summed E-state index contributed by atoms with van der Waals surface area (Å²) in [5.74, 6) is 0.587. The Labute approximate surface area is 126 Å². The van der Waals surface area contributed by atoms with E-state index in [4.69, 9.17) is 5.73 Å². The molecule has 1 rings (SSSR count). The molecule has 0 heterocycles. The van der Waals surface area contributed by atoms with Crippen molar-refractivity contribution in [3.8, 4) is 0 Å². The number of nitrogens with zero attached hydrogens (tertiary/aromatic N) is 1. The molecule has 0 bridgehead atoms. The number of nitrogens with two attached hydrogens (primary N) is 1. The van der Waals surface area contributed by atoms with Crippen LogP contribution in [0.4, 0.5) is 0 Å². The van der Waals surface area contributed by atoms with Gasteiger partial charge >= 0.3 is 0 Å². The van der Waals surface area contributed by atoms with Crippen molar-refractivity contribution in [1.82, 2.24) is 4.90 Å². The zero-order chi connectivity index (χ0) is 13.7. The second kappa shape index (κ2) is 8.46. The van der Waals surface area contributed by atoms with Crippen LogP contribution in [-0.2, 0) is 4.79 Å². The van der Waals surface area contributed by atoms with Crippen molar-refractivity contribution in [3.05, 3.63) is 29.3 Å². The summed E-state index contributed by atoms with van der Waals surface area (Å²) in [5.41, 5.74) is 8.00. The number of likely N-dealkylation sites (N-methyl/N-ethyl adjacent to an activating group) is 1. The molecule has 0 aliphatic carbocycles. The van der Waals surface area contributed by atoms with E-state index in [-0.39, 0.29) is 24.4 Å². The fourth-order valence-corrected chi connectivity index (χ4v) is 2.56. The summed E-state index contributed by atoms with van der Waals surface area (Å²) in [4.78, 5) is 14.9. The van der Waals surface area contributed by atoms with Crippen LogP contribution in [0, 0.1) is 13.8 Å². The number of thioether (sulfide) groups is 1. The highest BCUT2D eigenvalue weighted by Gasteiger charge is 2.14. The number of rotatable bonds is 5. The Bertz CT molecular complexity index is 426. The van der Waals surface area contributed by atoms with E-state index in [0.717, 1.165) is 0 Å². The van der Waals surface area contributed by atoms with Gasteiger partial charge in [-0.15, -0.1) is 24.2 Å². The van der Waals surface area contributed by atoms with Gasteiger partial charge in [0.1, 0.15) is 0 Å².